The van der Waals surface area contributed by atoms with Gasteiger partial charge in [0.15, 0.2) is 0 Å². The maximum absolute atomic E-state index is 11.9. The minimum atomic E-state index is -0.444. The number of carbonyl (C=O) groups is 1. The third-order valence-corrected chi connectivity index (χ3v) is 4.63. The molecule has 27 heavy (non-hydrogen) atoms. The number of hydrogen-bond acceptors (Lipinski definition) is 4. The molecule has 0 saturated carbocycles. The summed E-state index contributed by atoms with van der Waals surface area (Å²) in [6, 6.07) is 7.40. The van der Waals surface area contributed by atoms with Gasteiger partial charge < -0.3 is 14.4 Å². The Morgan fingerprint density at radius 1 is 1.04 bits per heavy atom. The Kier molecular flexibility index (Phi) is 12.9. The molecule has 5 nitrogen and oxygen atoms in total. The van der Waals surface area contributed by atoms with Crippen LogP contribution in [-0.4, -0.2) is 43.8 Å². The second-order valence-corrected chi connectivity index (χ2v) is 7.55. The second-order valence-electron chi connectivity index (χ2n) is 7.55. The Hall–Kier alpha value is -1.46. The lowest BCUT2D eigenvalue weighted by Crippen LogP contribution is -2.43. The summed E-state index contributed by atoms with van der Waals surface area (Å²) in [5.74, 6) is 0.825. The Morgan fingerprint density at radius 3 is 2.22 bits per heavy atom. The molecule has 0 atom stereocenters. The van der Waals surface area contributed by atoms with Gasteiger partial charge >= 0.3 is 6.09 Å². The fourth-order valence-electron chi connectivity index (χ4n) is 2.23. The third kappa shape index (κ3) is 11.1. The van der Waals surface area contributed by atoms with Crippen LogP contribution in [0.1, 0.15) is 59.3 Å². The van der Waals surface area contributed by atoms with Gasteiger partial charge in [-0.1, -0.05) is 39.0 Å². The van der Waals surface area contributed by atoms with E-state index in [9.17, 15) is 4.79 Å². The highest BCUT2D eigenvalue weighted by atomic mass is 35.5. The Morgan fingerprint density at radius 2 is 1.63 bits per heavy atom. The summed E-state index contributed by atoms with van der Waals surface area (Å²) in [6.45, 7) is 7.34. The maximum atomic E-state index is 11.9. The van der Waals surface area contributed by atoms with Crippen molar-refractivity contribution in [3.05, 3.63) is 24.3 Å². The highest BCUT2D eigenvalue weighted by Gasteiger charge is 2.22. The van der Waals surface area contributed by atoms with Crippen LogP contribution in [0.4, 0.5) is 10.5 Å². The van der Waals surface area contributed by atoms with Gasteiger partial charge in [-0.15, -0.1) is 12.4 Å². The summed E-state index contributed by atoms with van der Waals surface area (Å²) < 4.78 is 11.0. The summed E-state index contributed by atoms with van der Waals surface area (Å²) in [4.78, 5) is 13.9. The summed E-state index contributed by atoms with van der Waals surface area (Å²) >= 11 is 0. The summed E-state index contributed by atoms with van der Waals surface area (Å²) in [5.41, 5.74) is 0.496. The Balaban J connectivity index is 0.00000676. The van der Waals surface area contributed by atoms with Crippen LogP contribution in [0.15, 0.2) is 24.3 Å². The smallest absolute Gasteiger partial charge is 0.411 e. The van der Waals surface area contributed by atoms with E-state index in [0.717, 1.165) is 18.8 Å². The van der Waals surface area contributed by atoms with E-state index in [2.05, 4.69) is 12.2 Å². The first-order valence-corrected chi connectivity index (χ1v) is 9.69. The molecule has 0 heterocycles. The normalized spacial score (nSPS) is 11.0. The van der Waals surface area contributed by atoms with Crippen LogP contribution in [0, 0.1) is 0 Å². The number of carbonyl (C=O) groups excluding carboxylic acids is 1. The lowest BCUT2D eigenvalue weighted by Gasteiger charge is -2.31. The third-order valence-electron chi connectivity index (χ3n) is 4.63. The number of nitrogens with one attached hydrogen (secondary N) is 1. The van der Waals surface area contributed by atoms with E-state index < -0.39 is 6.09 Å². The molecule has 0 spiro atoms. The van der Waals surface area contributed by atoms with E-state index in [-0.39, 0.29) is 17.9 Å². The molecule has 1 aromatic carbocycles. The number of hydrogen-bond donors (Lipinski definition) is 1. The molecule has 156 valence electrons. The van der Waals surface area contributed by atoms with E-state index >= 15 is 0 Å². The van der Waals surface area contributed by atoms with E-state index in [0.29, 0.717) is 12.3 Å². The van der Waals surface area contributed by atoms with Gasteiger partial charge in [-0.25, -0.2) is 4.79 Å². The first-order chi connectivity index (χ1) is 12.3. The van der Waals surface area contributed by atoms with Gasteiger partial charge in [0.1, 0.15) is 12.4 Å². The van der Waals surface area contributed by atoms with Gasteiger partial charge in [-0.3, -0.25) is 5.32 Å². The summed E-state index contributed by atoms with van der Waals surface area (Å²) in [6.07, 6.45) is 7.06. The quantitative estimate of drug-likeness (QED) is 0.455. The molecule has 0 aliphatic rings. The highest BCUT2D eigenvalue weighted by molar-refractivity contribution is 5.85. The van der Waals surface area contributed by atoms with Crippen molar-refractivity contribution in [3.8, 4) is 5.75 Å². The van der Waals surface area contributed by atoms with Crippen molar-refractivity contribution < 1.29 is 14.3 Å². The predicted octanol–water partition coefficient (Wildman–Crippen LogP) is 5.74. The molecule has 1 aromatic rings. The lowest BCUT2D eigenvalue weighted by atomic mass is 10.1. The molecule has 0 bridgehead atoms. The molecule has 1 N–H and O–H groups in total. The zero-order valence-electron chi connectivity index (χ0n) is 17.5. The molecule has 0 aliphatic carbocycles. The Bertz CT molecular complexity index is 519. The number of unbranched alkanes of at least 4 members (excludes halogenated alkanes) is 5. The number of amides is 1. The largest absolute Gasteiger partial charge is 0.494 e. The van der Waals surface area contributed by atoms with Gasteiger partial charge in [-0.2, -0.15) is 0 Å². The molecule has 0 fully saturated rings. The molecule has 6 heteroatoms. The van der Waals surface area contributed by atoms with Crippen LogP contribution >= 0.6 is 12.4 Å². The van der Waals surface area contributed by atoms with Gasteiger partial charge in [0.25, 0.3) is 0 Å². The number of benzene rings is 1. The van der Waals surface area contributed by atoms with E-state index in [1.165, 1.54) is 32.1 Å². The van der Waals surface area contributed by atoms with Crippen molar-refractivity contribution >= 4 is 24.2 Å². The fourth-order valence-corrected chi connectivity index (χ4v) is 2.23. The van der Waals surface area contributed by atoms with Gasteiger partial charge in [0, 0.05) is 11.2 Å². The number of anilines is 1. The molecule has 0 aromatic heterocycles. The fraction of sp³-hybridized carbons (Fsp3) is 0.667. The standard InChI is InChI=1S/C21H36N2O3.ClH/c1-6-7-8-9-10-11-16-25-19-14-12-18(13-15-19)22-20(24)26-17-21(2,3)23(4)5;/h12-15H,6-11,16-17H2,1-5H3,(H,22,24);1H. The van der Waals surface area contributed by atoms with Gasteiger partial charge in [0.05, 0.1) is 6.61 Å². The topological polar surface area (TPSA) is 50.8 Å². The molecule has 0 radical (unpaired) electrons. The summed E-state index contributed by atoms with van der Waals surface area (Å²) in [7, 11) is 3.93. The average molecular weight is 401 g/mol. The minimum absolute atomic E-state index is 0. The van der Waals surface area contributed by atoms with Crippen molar-refractivity contribution in [2.75, 3.05) is 32.6 Å². The minimum Gasteiger partial charge on any atom is -0.494 e. The van der Waals surface area contributed by atoms with Crippen LogP contribution in [0.25, 0.3) is 0 Å². The molecule has 0 aliphatic heterocycles. The zero-order chi connectivity index (χ0) is 19.4. The van der Waals surface area contributed by atoms with Crippen molar-refractivity contribution in [1.29, 1.82) is 0 Å². The van der Waals surface area contributed by atoms with E-state index in [1.54, 1.807) is 0 Å². The molecule has 1 amide bonds. The number of nitrogens with zero attached hydrogens (tertiary/aromatic N) is 1. The van der Waals surface area contributed by atoms with Crippen molar-refractivity contribution in [3.63, 3.8) is 0 Å². The number of rotatable bonds is 12. The van der Waals surface area contributed by atoms with Crippen molar-refractivity contribution in [2.45, 2.75) is 64.8 Å². The van der Waals surface area contributed by atoms with Crippen LogP contribution in [0.5, 0.6) is 5.75 Å². The molecule has 1 rings (SSSR count). The molecular weight excluding hydrogens is 364 g/mol. The highest BCUT2D eigenvalue weighted by Crippen LogP contribution is 2.17. The SMILES string of the molecule is CCCCCCCCOc1ccc(NC(=O)OCC(C)(C)N(C)C)cc1.Cl. The van der Waals surface area contributed by atoms with E-state index in [1.807, 2.05) is 57.1 Å². The first kappa shape index (κ1) is 25.5. The van der Waals surface area contributed by atoms with Crippen molar-refractivity contribution in [1.82, 2.24) is 4.90 Å². The molecule has 0 unspecified atom stereocenters. The number of halogens is 1. The molecule has 0 saturated heterocycles. The number of likely N-dealkylation sites (N-methyl/N-ethyl adjacent to an activating group) is 1. The summed E-state index contributed by atoms with van der Waals surface area (Å²) in [5, 5.41) is 2.74. The van der Waals surface area contributed by atoms with Gasteiger partial charge in [0.2, 0.25) is 0 Å². The van der Waals surface area contributed by atoms with Crippen LogP contribution in [0.2, 0.25) is 0 Å². The maximum Gasteiger partial charge on any atom is 0.411 e. The number of ether oxygens (including phenoxy) is 2. The predicted molar refractivity (Wildman–Crippen MR) is 115 cm³/mol. The van der Waals surface area contributed by atoms with Crippen LogP contribution in [0.3, 0.4) is 0 Å². The second kappa shape index (κ2) is 13.7. The van der Waals surface area contributed by atoms with Crippen LogP contribution < -0.4 is 10.1 Å². The Labute approximate surface area is 171 Å². The molecular formula is C21H37ClN2O3. The first-order valence-electron chi connectivity index (χ1n) is 9.69. The monoisotopic (exact) mass is 400 g/mol. The van der Waals surface area contributed by atoms with Gasteiger partial charge in [-0.05, 0) is 58.6 Å². The van der Waals surface area contributed by atoms with E-state index in [4.69, 9.17) is 9.47 Å². The van der Waals surface area contributed by atoms with Crippen molar-refractivity contribution in [2.24, 2.45) is 0 Å². The lowest BCUT2D eigenvalue weighted by molar-refractivity contribution is 0.0775. The van der Waals surface area contributed by atoms with Crippen LogP contribution in [-0.2, 0) is 4.74 Å². The zero-order valence-corrected chi connectivity index (χ0v) is 18.4. The average Bonchev–Trinajstić information content (AvgIpc) is 2.60.